The zero-order chi connectivity index (χ0) is 12.3. The van der Waals surface area contributed by atoms with Crippen LogP contribution in [-0.4, -0.2) is 40.6 Å². The Morgan fingerprint density at radius 2 is 2.00 bits per heavy atom. The molecule has 0 bridgehead atoms. The molecular formula is C10H15ClN2O3. The Morgan fingerprint density at radius 1 is 1.38 bits per heavy atom. The lowest BCUT2D eigenvalue weighted by atomic mass is 10.1. The summed E-state index contributed by atoms with van der Waals surface area (Å²) in [6.07, 6.45) is 0.441. The molecule has 0 saturated carbocycles. The molecule has 1 fully saturated rings. The number of ketones is 1. The third-order valence-corrected chi connectivity index (χ3v) is 2.62. The molecule has 1 rings (SSSR count). The number of alkyl halides is 1. The number of hydrogen-bond donors (Lipinski definition) is 1. The number of carbonyl (C=O) groups excluding carboxylic acids is 3. The van der Waals surface area contributed by atoms with Crippen molar-refractivity contribution in [3.05, 3.63) is 0 Å². The quantitative estimate of drug-likeness (QED) is 0.579. The maximum Gasteiger partial charge on any atom is 0.325 e. The predicted molar refractivity (Wildman–Crippen MR) is 59.3 cm³/mol. The molecule has 0 spiro atoms. The van der Waals surface area contributed by atoms with Crippen LogP contribution in [0.15, 0.2) is 0 Å². The number of nitrogens with one attached hydrogen (secondary N) is 1. The molecule has 6 heteroatoms. The van der Waals surface area contributed by atoms with Gasteiger partial charge in [-0.3, -0.25) is 14.5 Å². The van der Waals surface area contributed by atoms with E-state index in [-0.39, 0.29) is 37.0 Å². The van der Waals surface area contributed by atoms with Gasteiger partial charge in [-0.25, -0.2) is 4.79 Å². The van der Waals surface area contributed by atoms with Crippen LogP contribution >= 0.6 is 11.6 Å². The van der Waals surface area contributed by atoms with Crippen molar-refractivity contribution in [2.24, 2.45) is 0 Å². The average Bonchev–Trinajstić information content (AvgIpc) is 2.35. The van der Waals surface area contributed by atoms with E-state index in [1.165, 1.54) is 0 Å². The summed E-state index contributed by atoms with van der Waals surface area (Å²) in [7, 11) is 0. The van der Waals surface area contributed by atoms with Gasteiger partial charge < -0.3 is 5.32 Å². The number of rotatable bonds is 5. The Labute approximate surface area is 99.1 Å². The minimum Gasteiger partial charge on any atom is -0.324 e. The van der Waals surface area contributed by atoms with Crippen molar-refractivity contribution < 1.29 is 14.4 Å². The van der Waals surface area contributed by atoms with E-state index in [1.807, 2.05) is 0 Å². The van der Waals surface area contributed by atoms with Gasteiger partial charge in [0.25, 0.3) is 5.91 Å². The zero-order valence-corrected chi connectivity index (χ0v) is 10.1. The number of nitrogens with zero attached hydrogens (tertiary/aromatic N) is 1. The number of hydrogen-bond acceptors (Lipinski definition) is 3. The maximum atomic E-state index is 11.7. The van der Waals surface area contributed by atoms with Crippen molar-refractivity contribution >= 4 is 29.3 Å². The summed E-state index contributed by atoms with van der Waals surface area (Å²) in [6, 6.07) is -0.436. The third-order valence-electron chi connectivity index (χ3n) is 2.43. The van der Waals surface area contributed by atoms with E-state index in [4.69, 9.17) is 11.6 Å². The second-order valence-corrected chi connectivity index (χ2v) is 4.62. The minimum absolute atomic E-state index is 0.0414. The number of halogens is 1. The summed E-state index contributed by atoms with van der Waals surface area (Å²) in [5.41, 5.74) is -0.868. The standard InChI is InChI=1S/C10H15ClN2O3/c1-10(2)8(15)13(9(16)12-10)6-4-7(14)3-5-11/h3-6H2,1-2H3,(H,12,16). The van der Waals surface area contributed by atoms with Gasteiger partial charge in [-0.15, -0.1) is 11.6 Å². The molecule has 1 heterocycles. The van der Waals surface area contributed by atoms with E-state index in [0.717, 1.165) is 4.90 Å². The van der Waals surface area contributed by atoms with E-state index < -0.39 is 11.6 Å². The van der Waals surface area contributed by atoms with Crippen LogP contribution in [0.25, 0.3) is 0 Å². The van der Waals surface area contributed by atoms with E-state index in [1.54, 1.807) is 13.8 Å². The molecule has 3 amide bonds. The maximum absolute atomic E-state index is 11.7. The lowest BCUT2D eigenvalue weighted by Gasteiger charge is -2.15. The van der Waals surface area contributed by atoms with Crippen LogP contribution in [0.2, 0.25) is 0 Å². The molecule has 0 aromatic carbocycles. The molecule has 1 aliphatic heterocycles. The van der Waals surface area contributed by atoms with Gasteiger partial charge in [0.2, 0.25) is 0 Å². The first kappa shape index (κ1) is 13.0. The molecule has 16 heavy (non-hydrogen) atoms. The first-order chi connectivity index (χ1) is 7.38. The molecule has 0 radical (unpaired) electrons. The first-order valence-electron chi connectivity index (χ1n) is 5.10. The Kier molecular flexibility index (Phi) is 3.91. The topological polar surface area (TPSA) is 66.5 Å². The van der Waals surface area contributed by atoms with Gasteiger partial charge in [-0.2, -0.15) is 0 Å². The van der Waals surface area contributed by atoms with Gasteiger partial charge in [0, 0.05) is 25.3 Å². The van der Waals surface area contributed by atoms with Gasteiger partial charge in [0.15, 0.2) is 0 Å². The molecule has 1 N–H and O–H groups in total. The number of imide groups is 1. The number of carbonyl (C=O) groups is 3. The van der Waals surface area contributed by atoms with Crippen LogP contribution in [0.4, 0.5) is 4.79 Å². The summed E-state index contributed by atoms with van der Waals surface area (Å²) in [5, 5.41) is 2.55. The van der Waals surface area contributed by atoms with Gasteiger partial charge in [-0.1, -0.05) is 0 Å². The largest absolute Gasteiger partial charge is 0.325 e. The van der Waals surface area contributed by atoms with E-state index in [2.05, 4.69) is 5.32 Å². The molecule has 0 aliphatic carbocycles. The molecule has 90 valence electrons. The highest BCUT2D eigenvalue weighted by Crippen LogP contribution is 2.16. The van der Waals surface area contributed by atoms with Crippen molar-refractivity contribution in [1.82, 2.24) is 10.2 Å². The normalized spacial score (nSPS) is 18.8. The summed E-state index contributed by atoms with van der Waals surface area (Å²) in [6.45, 7) is 3.39. The number of Topliss-reactive ketones (excluding diaryl/α,β-unsaturated/α-hetero) is 1. The molecule has 5 nitrogen and oxygen atoms in total. The van der Waals surface area contributed by atoms with E-state index >= 15 is 0 Å². The Bertz CT molecular complexity index is 328. The van der Waals surface area contributed by atoms with Gasteiger partial charge in [-0.05, 0) is 13.8 Å². The third kappa shape index (κ3) is 2.72. The highest BCUT2D eigenvalue weighted by atomic mass is 35.5. The van der Waals surface area contributed by atoms with Crippen molar-refractivity contribution in [2.45, 2.75) is 32.2 Å². The second kappa shape index (κ2) is 4.82. The van der Waals surface area contributed by atoms with E-state index in [0.29, 0.717) is 0 Å². The van der Waals surface area contributed by atoms with Gasteiger partial charge >= 0.3 is 6.03 Å². The number of urea groups is 1. The van der Waals surface area contributed by atoms with Crippen molar-refractivity contribution in [3.8, 4) is 0 Å². The zero-order valence-electron chi connectivity index (χ0n) is 9.38. The Morgan fingerprint density at radius 3 is 2.44 bits per heavy atom. The minimum atomic E-state index is -0.868. The Balaban J connectivity index is 2.52. The molecular weight excluding hydrogens is 232 g/mol. The monoisotopic (exact) mass is 246 g/mol. The lowest BCUT2D eigenvalue weighted by Crippen LogP contribution is -2.40. The molecule has 0 atom stereocenters. The molecule has 0 aromatic rings. The summed E-state index contributed by atoms with van der Waals surface area (Å²) in [4.78, 5) is 35.4. The number of amides is 3. The van der Waals surface area contributed by atoms with Gasteiger partial charge in [0.05, 0.1) is 0 Å². The van der Waals surface area contributed by atoms with Crippen molar-refractivity contribution in [2.75, 3.05) is 12.4 Å². The smallest absolute Gasteiger partial charge is 0.324 e. The lowest BCUT2D eigenvalue weighted by molar-refractivity contribution is -0.130. The van der Waals surface area contributed by atoms with Crippen molar-refractivity contribution in [1.29, 1.82) is 0 Å². The fraction of sp³-hybridized carbons (Fsp3) is 0.700. The Hall–Kier alpha value is -1.10. The van der Waals surface area contributed by atoms with Crippen LogP contribution in [0.3, 0.4) is 0 Å². The van der Waals surface area contributed by atoms with E-state index in [9.17, 15) is 14.4 Å². The summed E-state index contributed by atoms with van der Waals surface area (Å²) in [5.74, 6) is -0.0683. The predicted octanol–water partition coefficient (Wildman–Crippen LogP) is 0.905. The average molecular weight is 247 g/mol. The van der Waals surface area contributed by atoms with Crippen LogP contribution in [0.1, 0.15) is 26.7 Å². The highest BCUT2D eigenvalue weighted by Gasteiger charge is 2.43. The fourth-order valence-electron chi connectivity index (χ4n) is 1.49. The summed E-state index contributed by atoms with van der Waals surface area (Å²) >= 11 is 5.41. The molecule has 1 aliphatic rings. The summed E-state index contributed by atoms with van der Waals surface area (Å²) < 4.78 is 0. The van der Waals surface area contributed by atoms with Crippen LogP contribution in [0, 0.1) is 0 Å². The fourth-order valence-corrected chi connectivity index (χ4v) is 1.70. The van der Waals surface area contributed by atoms with Crippen LogP contribution in [0.5, 0.6) is 0 Å². The highest BCUT2D eigenvalue weighted by molar-refractivity contribution is 6.19. The molecule has 0 aromatic heterocycles. The second-order valence-electron chi connectivity index (χ2n) is 4.24. The van der Waals surface area contributed by atoms with Crippen LogP contribution < -0.4 is 5.32 Å². The SMILES string of the molecule is CC1(C)NC(=O)N(CCC(=O)CCCl)C1=O. The first-order valence-corrected chi connectivity index (χ1v) is 5.63. The van der Waals surface area contributed by atoms with Crippen LogP contribution in [-0.2, 0) is 9.59 Å². The van der Waals surface area contributed by atoms with Gasteiger partial charge in [0.1, 0.15) is 11.3 Å². The molecule has 1 saturated heterocycles. The molecule has 0 unspecified atom stereocenters. The van der Waals surface area contributed by atoms with Crippen molar-refractivity contribution in [3.63, 3.8) is 0 Å².